The van der Waals surface area contributed by atoms with Crippen LogP contribution < -0.4 is 15.4 Å². The summed E-state index contributed by atoms with van der Waals surface area (Å²) < 4.78 is 5.15. The highest BCUT2D eigenvalue weighted by Crippen LogP contribution is 2.12. The Morgan fingerprint density at radius 1 is 1.50 bits per heavy atom. The van der Waals surface area contributed by atoms with Gasteiger partial charge in [0.15, 0.2) is 0 Å². The lowest BCUT2D eigenvalue weighted by Gasteiger charge is -2.35. The van der Waals surface area contributed by atoms with Gasteiger partial charge >= 0.3 is 0 Å². The Kier molecular flexibility index (Phi) is 6.78. The minimum absolute atomic E-state index is 0. The molecule has 0 atom stereocenters. The molecule has 1 aromatic rings. The van der Waals surface area contributed by atoms with Crippen LogP contribution >= 0.6 is 12.4 Å². The molecule has 1 saturated heterocycles. The third-order valence-electron chi connectivity index (χ3n) is 3.40. The molecule has 0 spiro atoms. The molecule has 2 N–H and O–H groups in total. The topological polar surface area (TPSA) is 53.6 Å². The molecule has 1 heterocycles. The second-order valence-corrected chi connectivity index (χ2v) is 4.86. The Morgan fingerprint density at radius 2 is 2.25 bits per heavy atom. The van der Waals surface area contributed by atoms with Crippen LogP contribution in [0.1, 0.15) is 5.56 Å². The quantitative estimate of drug-likeness (QED) is 0.809. The molecular weight excluding hydrogens is 278 g/mol. The van der Waals surface area contributed by atoms with E-state index in [-0.39, 0.29) is 18.3 Å². The number of hydrogen-bond acceptors (Lipinski definition) is 4. The zero-order chi connectivity index (χ0) is 13.7. The van der Waals surface area contributed by atoms with Gasteiger partial charge in [0.1, 0.15) is 5.75 Å². The number of nitrogens with zero attached hydrogens (tertiary/aromatic N) is 1. The normalized spacial score (nSPS) is 14.3. The number of methoxy groups -OCH3 is 1. The number of carbonyl (C=O) groups is 1. The van der Waals surface area contributed by atoms with Gasteiger partial charge in [0, 0.05) is 25.7 Å². The molecule has 1 amide bonds. The first-order valence-corrected chi connectivity index (χ1v) is 6.49. The van der Waals surface area contributed by atoms with Crippen LogP contribution in [-0.2, 0) is 11.3 Å². The van der Waals surface area contributed by atoms with Gasteiger partial charge in [-0.05, 0) is 24.7 Å². The van der Waals surface area contributed by atoms with Crippen molar-refractivity contribution in [2.45, 2.75) is 12.6 Å². The van der Waals surface area contributed by atoms with Crippen LogP contribution in [0.2, 0.25) is 0 Å². The fourth-order valence-electron chi connectivity index (χ4n) is 1.98. The SMILES string of the molecule is COc1cccc(CNC(=O)CN(C)C2CNC2)c1.Cl. The molecular formula is C14H22ClN3O2. The standard InChI is InChI=1S/C14H21N3O2.ClH/c1-17(12-8-15-9-12)10-14(18)16-7-11-4-3-5-13(6-11)19-2;/h3-6,12,15H,7-10H2,1-2H3,(H,16,18);1H. The predicted octanol–water partition coefficient (Wildman–Crippen LogP) is 0.637. The van der Waals surface area contributed by atoms with E-state index in [1.165, 1.54) is 0 Å². The van der Waals surface area contributed by atoms with E-state index < -0.39 is 0 Å². The molecule has 1 fully saturated rings. The van der Waals surface area contributed by atoms with E-state index in [1.54, 1.807) is 7.11 Å². The first-order chi connectivity index (χ1) is 9.19. The lowest BCUT2D eigenvalue weighted by Crippen LogP contribution is -2.57. The van der Waals surface area contributed by atoms with Crippen molar-refractivity contribution in [3.05, 3.63) is 29.8 Å². The molecule has 112 valence electrons. The van der Waals surface area contributed by atoms with E-state index in [0.717, 1.165) is 24.4 Å². The molecule has 1 aromatic carbocycles. The molecule has 1 aliphatic heterocycles. The zero-order valence-corrected chi connectivity index (χ0v) is 12.7. The maximum absolute atomic E-state index is 11.8. The first kappa shape index (κ1) is 16.8. The molecule has 5 nitrogen and oxygen atoms in total. The van der Waals surface area contributed by atoms with Gasteiger partial charge in [0.05, 0.1) is 13.7 Å². The van der Waals surface area contributed by atoms with Crippen molar-refractivity contribution in [2.75, 3.05) is 33.8 Å². The Morgan fingerprint density at radius 3 is 2.85 bits per heavy atom. The molecule has 0 bridgehead atoms. The molecule has 6 heteroatoms. The van der Waals surface area contributed by atoms with E-state index >= 15 is 0 Å². The van der Waals surface area contributed by atoms with Crippen molar-refractivity contribution in [1.82, 2.24) is 15.5 Å². The van der Waals surface area contributed by atoms with Gasteiger partial charge < -0.3 is 15.4 Å². The monoisotopic (exact) mass is 299 g/mol. The van der Waals surface area contributed by atoms with Gasteiger partial charge in [-0.3, -0.25) is 9.69 Å². The summed E-state index contributed by atoms with van der Waals surface area (Å²) in [6.07, 6.45) is 0. The lowest BCUT2D eigenvalue weighted by molar-refractivity contribution is -0.122. The van der Waals surface area contributed by atoms with E-state index in [0.29, 0.717) is 19.1 Å². The van der Waals surface area contributed by atoms with Crippen molar-refractivity contribution in [2.24, 2.45) is 0 Å². The number of ether oxygens (including phenoxy) is 1. The van der Waals surface area contributed by atoms with Gasteiger partial charge in [-0.2, -0.15) is 0 Å². The zero-order valence-electron chi connectivity index (χ0n) is 11.9. The Labute approximate surface area is 126 Å². The summed E-state index contributed by atoms with van der Waals surface area (Å²) in [4.78, 5) is 13.9. The van der Waals surface area contributed by atoms with Gasteiger partial charge in [-0.25, -0.2) is 0 Å². The largest absolute Gasteiger partial charge is 0.497 e. The Hall–Kier alpha value is -1.30. The molecule has 0 aromatic heterocycles. The van der Waals surface area contributed by atoms with Crippen LogP contribution in [0.4, 0.5) is 0 Å². The van der Waals surface area contributed by atoms with Crippen molar-refractivity contribution in [3.8, 4) is 5.75 Å². The van der Waals surface area contributed by atoms with Crippen LogP contribution in [0.5, 0.6) is 5.75 Å². The fourth-order valence-corrected chi connectivity index (χ4v) is 1.98. The van der Waals surface area contributed by atoms with Crippen molar-refractivity contribution >= 4 is 18.3 Å². The summed E-state index contributed by atoms with van der Waals surface area (Å²) in [7, 11) is 3.62. The lowest BCUT2D eigenvalue weighted by atomic mass is 10.1. The first-order valence-electron chi connectivity index (χ1n) is 6.49. The maximum atomic E-state index is 11.8. The third kappa shape index (κ3) is 4.67. The van der Waals surface area contributed by atoms with Crippen LogP contribution in [-0.4, -0.2) is 50.6 Å². The number of rotatable bonds is 6. The van der Waals surface area contributed by atoms with Gasteiger partial charge in [0.25, 0.3) is 0 Å². The van der Waals surface area contributed by atoms with Crippen LogP contribution in [0.3, 0.4) is 0 Å². The van der Waals surface area contributed by atoms with Gasteiger partial charge in [-0.15, -0.1) is 12.4 Å². The third-order valence-corrected chi connectivity index (χ3v) is 3.40. The smallest absolute Gasteiger partial charge is 0.234 e. The average molecular weight is 300 g/mol. The molecule has 1 aliphatic rings. The minimum Gasteiger partial charge on any atom is -0.497 e. The number of nitrogens with one attached hydrogen (secondary N) is 2. The van der Waals surface area contributed by atoms with Crippen LogP contribution in [0, 0.1) is 0 Å². The highest BCUT2D eigenvalue weighted by Gasteiger charge is 2.22. The number of amides is 1. The van der Waals surface area contributed by atoms with E-state index in [4.69, 9.17) is 4.74 Å². The molecule has 0 unspecified atom stereocenters. The average Bonchev–Trinajstić information content (AvgIpc) is 2.34. The number of benzene rings is 1. The summed E-state index contributed by atoms with van der Waals surface area (Å²) in [6, 6.07) is 8.21. The number of hydrogen-bond donors (Lipinski definition) is 2. The Bertz CT molecular complexity index is 438. The molecule has 0 aliphatic carbocycles. The minimum atomic E-state index is 0. The number of halogens is 1. The Balaban J connectivity index is 0.00000200. The molecule has 0 radical (unpaired) electrons. The second kappa shape index (κ2) is 8.09. The maximum Gasteiger partial charge on any atom is 0.234 e. The summed E-state index contributed by atoms with van der Waals surface area (Å²) >= 11 is 0. The predicted molar refractivity (Wildman–Crippen MR) is 81.4 cm³/mol. The molecule has 0 saturated carbocycles. The molecule has 2 rings (SSSR count). The summed E-state index contributed by atoms with van der Waals surface area (Å²) in [5.74, 6) is 0.863. The fraction of sp³-hybridized carbons (Fsp3) is 0.500. The highest BCUT2D eigenvalue weighted by atomic mass is 35.5. The van der Waals surface area contributed by atoms with Gasteiger partial charge in [-0.1, -0.05) is 12.1 Å². The van der Waals surface area contributed by atoms with Crippen LogP contribution in [0.15, 0.2) is 24.3 Å². The summed E-state index contributed by atoms with van der Waals surface area (Å²) in [6.45, 7) is 2.92. The highest BCUT2D eigenvalue weighted by molar-refractivity contribution is 5.85. The van der Waals surface area contributed by atoms with Crippen molar-refractivity contribution < 1.29 is 9.53 Å². The van der Waals surface area contributed by atoms with Crippen molar-refractivity contribution in [1.29, 1.82) is 0 Å². The van der Waals surface area contributed by atoms with Crippen molar-refractivity contribution in [3.63, 3.8) is 0 Å². The number of carbonyl (C=O) groups excluding carboxylic acids is 1. The molecule has 20 heavy (non-hydrogen) atoms. The second-order valence-electron chi connectivity index (χ2n) is 4.86. The van der Waals surface area contributed by atoms with E-state index in [2.05, 4.69) is 15.5 Å². The van der Waals surface area contributed by atoms with Gasteiger partial charge in [0.2, 0.25) is 5.91 Å². The van der Waals surface area contributed by atoms with E-state index in [1.807, 2.05) is 31.3 Å². The number of likely N-dealkylation sites (N-methyl/N-ethyl adjacent to an activating group) is 1. The van der Waals surface area contributed by atoms with E-state index in [9.17, 15) is 4.79 Å². The summed E-state index contributed by atoms with van der Waals surface area (Å²) in [5, 5.41) is 6.13. The van der Waals surface area contributed by atoms with Crippen LogP contribution in [0.25, 0.3) is 0 Å². The summed E-state index contributed by atoms with van der Waals surface area (Å²) in [5.41, 5.74) is 1.04.